The zero-order valence-electron chi connectivity index (χ0n) is 7.79. The average molecular weight is 198 g/mol. The lowest BCUT2D eigenvalue weighted by Crippen LogP contribution is -2.11. The maximum atomic E-state index is 11.3. The van der Waals surface area contributed by atoms with Crippen LogP contribution >= 0.6 is 11.3 Å². The minimum Gasteiger partial charge on any atom is -0.374 e. The molecule has 1 aromatic rings. The molecule has 1 aromatic heterocycles. The SMILES string of the molecule is CCCOCC(=O)Cc1cccs1. The number of ether oxygens (including phenoxy) is 1. The number of rotatable bonds is 6. The van der Waals surface area contributed by atoms with E-state index in [1.165, 1.54) is 0 Å². The van der Waals surface area contributed by atoms with Crippen LogP contribution in [0.5, 0.6) is 0 Å². The number of Topliss-reactive ketones (excluding diaryl/α,β-unsaturated/α-hetero) is 1. The summed E-state index contributed by atoms with van der Waals surface area (Å²) in [6, 6.07) is 3.93. The van der Waals surface area contributed by atoms with Gasteiger partial charge in [-0.25, -0.2) is 0 Å². The summed E-state index contributed by atoms with van der Waals surface area (Å²) in [7, 11) is 0. The molecule has 0 aliphatic rings. The Morgan fingerprint density at radius 3 is 3.08 bits per heavy atom. The monoisotopic (exact) mass is 198 g/mol. The van der Waals surface area contributed by atoms with Gasteiger partial charge in [-0.2, -0.15) is 0 Å². The number of hydrogen-bond donors (Lipinski definition) is 0. The molecule has 0 fully saturated rings. The van der Waals surface area contributed by atoms with E-state index in [1.807, 2.05) is 24.4 Å². The zero-order valence-corrected chi connectivity index (χ0v) is 8.60. The summed E-state index contributed by atoms with van der Waals surface area (Å²) in [5, 5.41) is 1.98. The Morgan fingerprint density at radius 1 is 1.62 bits per heavy atom. The molecule has 0 aromatic carbocycles. The van der Waals surface area contributed by atoms with E-state index in [9.17, 15) is 4.79 Å². The molecule has 0 saturated heterocycles. The Labute approximate surface area is 82.5 Å². The third-order valence-corrected chi connectivity index (χ3v) is 2.44. The molecule has 1 heterocycles. The molecule has 13 heavy (non-hydrogen) atoms. The molecule has 0 unspecified atom stereocenters. The maximum absolute atomic E-state index is 11.3. The molecule has 1 rings (SSSR count). The molecule has 0 amide bonds. The van der Waals surface area contributed by atoms with Crippen molar-refractivity contribution in [3.63, 3.8) is 0 Å². The van der Waals surface area contributed by atoms with Gasteiger partial charge in [0.25, 0.3) is 0 Å². The van der Waals surface area contributed by atoms with Gasteiger partial charge in [0, 0.05) is 17.9 Å². The van der Waals surface area contributed by atoms with Gasteiger partial charge in [-0.3, -0.25) is 4.79 Å². The van der Waals surface area contributed by atoms with E-state index >= 15 is 0 Å². The summed E-state index contributed by atoms with van der Waals surface area (Å²) < 4.78 is 5.15. The standard InChI is InChI=1S/C10H14O2S/c1-2-5-12-8-9(11)7-10-4-3-6-13-10/h3-4,6H,2,5,7-8H2,1H3. The van der Waals surface area contributed by atoms with Crippen molar-refractivity contribution in [1.29, 1.82) is 0 Å². The van der Waals surface area contributed by atoms with Crippen molar-refractivity contribution < 1.29 is 9.53 Å². The number of hydrogen-bond acceptors (Lipinski definition) is 3. The van der Waals surface area contributed by atoms with Gasteiger partial charge in [0.15, 0.2) is 5.78 Å². The van der Waals surface area contributed by atoms with Crippen LogP contribution in [0.4, 0.5) is 0 Å². The molecule has 0 aliphatic carbocycles. The van der Waals surface area contributed by atoms with Crippen LogP contribution in [0.25, 0.3) is 0 Å². The van der Waals surface area contributed by atoms with E-state index in [4.69, 9.17) is 4.74 Å². The molecule has 0 radical (unpaired) electrons. The topological polar surface area (TPSA) is 26.3 Å². The van der Waals surface area contributed by atoms with Gasteiger partial charge in [0.2, 0.25) is 0 Å². The minimum absolute atomic E-state index is 0.163. The molecule has 72 valence electrons. The van der Waals surface area contributed by atoms with E-state index < -0.39 is 0 Å². The second-order valence-corrected chi connectivity index (χ2v) is 3.88. The molecule has 0 saturated carbocycles. The Bertz CT molecular complexity index is 241. The smallest absolute Gasteiger partial charge is 0.163 e. The fraction of sp³-hybridized carbons (Fsp3) is 0.500. The molecule has 2 nitrogen and oxygen atoms in total. The van der Waals surface area contributed by atoms with Gasteiger partial charge >= 0.3 is 0 Å². The number of carbonyl (C=O) groups is 1. The molecule has 0 aliphatic heterocycles. The second kappa shape index (κ2) is 5.89. The number of ketones is 1. The second-order valence-electron chi connectivity index (χ2n) is 2.85. The molecular weight excluding hydrogens is 184 g/mol. The third kappa shape index (κ3) is 4.20. The predicted molar refractivity (Wildman–Crippen MR) is 54.1 cm³/mol. The summed E-state index contributed by atoms with van der Waals surface area (Å²) in [5.41, 5.74) is 0. The number of carbonyl (C=O) groups excluding carboxylic acids is 1. The van der Waals surface area contributed by atoms with Crippen molar-refractivity contribution in [3.8, 4) is 0 Å². The third-order valence-electron chi connectivity index (χ3n) is 1.56. The van der Waals surface area contributed by atoms with Crippen LogP contribution in [-0.2, 0) is 16.0 Å². The van der Waals surface area contributed by atoms with E-state index in [2.05, 4.69) is 0 Å². The first-order valence-corrected chi connectivity index (χ1v) is 5.32. The largest absolute Gasteiger partial charge is 0.374 e. The van der Waals surface area contributed by atoms with E-state index in [-0.39, 0.29) is 12.4 Å². The normalized spacial score (nSPS) is 10.2. The Kier molecular flexibility index (Phi) is 4.72. The molecule has 0 spiro atoms. The molecule has 0 atom stereocenters. The van der Waals surface area contributed by atoms with Crippen LogP contribution in [-0.4, -0.2) is 19.0 Å². The summed E-state index contributed by atoms with van der Waals surface area (Å²) in [5.74, 6) is 0.163. The minimum atomic E-state index is 0.163. The molecule has 0 bridgehead atoms. The maximum Gasteiger partial charge on any atom is 0.163 e. The number of thiophene rings is 1. The van der Waals surface area contributed by atoms with Crippen LogP contribution < -0.4 is 0 Å². The van der Waals surface area contributed by atoms with Gasteiger partial charge in [0.1, 0.15) is 6.61 Å². The van der Waals surface area contributed by atoms with Crippen LogP contribution in [0.3, 0.4) is 0 Å². The lowest BCUT2D eigenvalue weighted by atomic mass is 10.2. The van der Waals surface area contributed by atoms with Gasteiger partial charge in [-0.1, -0.05) is 13.0 Å². The predicted octanol–water partition coefficient (Wildman–Crippen LogP) is 2.29. The van der Waals surface area contributed by atoms with Gasteiger partial charge < -0.3 is 4.74 Å². The van der Waals surface area contributed by atoms with Crippen molar-refractivity contribution in [2.24, 2.45) is 0 Å². The molecule has 3 heteroatoms. The van der Waals surface area contributed by atoms with Crippen LogP contribution in [0.2, 0.25) is 0 Å². The highest BCUT2D eigenvalue weighted by Gasteiger charge is 2.03. The first-order chi connectivity index (χ1) is 6.33. The highest BCUT2D eigenvalue weighted by molar-refractivity contribution is 7.10. The highest BCUT2D eigenvalue weighted by atomic mass is 32.1. The van der Waals surface area contributed by atoms with E-state index in [0.29, 0.717) is 13.0 Å². The van der Waals surface area contributed by atoms with Crippen molar-refractivity contribution in [2.75, 3.05) is 13.2 Å². The Hall–Kier alpha value is -0.670. The first-order valence-electron chi connectivity index (χ1n) is 4.44. The van der Waals surface area contributed by atoms with Gasteiger partial charge in [-0.05, 0) is 17.9 Å². The van der Waals surface area contributed by atoms with Crippen LogP contribution in [0.15, 0.2) is 17.5 Å². The summed E-state index contributed by atoms with van der Waals surface area (Å²) in [4.78, 5) is 12.4. The van der Waals surface area contributed by atoms with E-state index in [0.717, 1.165) is 11.3 Å². The van der Waals surface area contributed by atoms with Crippen LogP contribution in [0, 0.1) is 0 Å². The summed E-state index contributed by atoms with van der Waals surface area (Å²) in [6.45, 7) is 2.96. The fourth-order valence-electron chi connectivity index (χ4n) is 0.989. The average Bonchev–Trinajstić information content (AvgIpc) is 2.57. The first kappa shape index (κ1) is 10.4. The fourth-order valence-corrected chi connectivity index (χ4v) is 1.72. The van der Waals surface area contributed by atoms with E-state index in [1.54, 1.807) is 11.3 Å². The quantitative estimate of drug-likeness (QED) is 0.655. The van der Waals surface area contributed by atoms with Crippen molar-refractivity contribution in [1.82, 2.24) is 0 Å². The molecule has 0 N–H and O–H groups in total. The van der Waals surface area contributed by atoms with Crippen molar-refractivity contribution in [2.45, 2.75) is 19.8 Å². The van der Waals surface area contributed by atoms with Crippen LogP contribution in [0.1, 0.15) is 18.2 Å². The lowest BCUT2D eigenvalue weighted by Gasteiger charge is -1.99. The van der Waals surface area contributed by atoms with Gasteiger partial charge in [0.05, 0.1) is 0 Å². The Balaban J connectivity index is 2.18. The molecular formula is C10H14O2S. The summed E-state index contributed by atoms with van der Waals surface area (Å²) >= 11 is 1.61. The summed E-state index contributed by atoms with van der Waals surface area (Å²) in [6.07, 6.45) is 1.48. The Morgan fingerprint density at radius 2 is 2.46 bits per heavy atom. The van der Waals surface area contributed by atoms with Crippen molar-refractivity contribution in [3.05, 3.63) is 22.4 Å². The highest BCUT2D eigenvalue weighted by Crippen LogP contribution is 2.09. The zero-order chi connectivity index (χ0) is 9.52. The lowest BCUT2D eigenvalue weighted by molar-refractivity contribution is -0.122. The van der Waals surface area contributed by atoms with Crippen molar-refractivity contribution >= 4 is 17.1 Å². The van der Waals surface area contributed by atoms with Gasteiger partial charge in [-0.15, -0.1) is 11.3 Å².